The lowest BCUT2D eigenvalue weighted by atomic mass is 9.72. The zero-order valence-corrected chi connectivity index (χ0v) is 17.9. The van der Waals surface area contributed by atoms with Crippen molar-refractivity contribution in [2.75, 3.05) is 6.61 Å². The fourth-order valence-corrected chi connectivity index (χ4v) is 5.46. The van der Waals surface area contributed by atoms with Gasteiger partial charge in [0.2, 0.25) is 0 Å². The van der Waals surface area contributed by atoms with Crippen molar-refractivity contribution in [2.24, 2.45) is 11.8 Å². The van der Waals surface area contributed by atoms with Crippen LogP contribution in [0.1, 0.15) is 65.2 Å². The number of aliphatic hydroxyl groups excluding tert-OH is 1. The molecule has 3 rings (SSSR count). The Hall–Kier alpha value is -1.10. The Labute approximate surface area is 174 Å². The van der Waals surface area contributed by atoms with Crippen LogP contribution in [0.3, 0.4) is 0 Å². The molecular formula is C23H34ClNO3. The third-order valence-electron chi connectivity index (χ3n) is 6.72. The van der Waals surface area contributed by atoms with Gasteiger partial charge in [0.25, 0.3) is 0 Å². The molecular weight excluding hydrogens is 374 g/mol. The quantitative estimate of drug-likeness (QED) is 0.454. The van der Waals surface area contributed by atoms with Gasteiger partial charge in [0.05, 0.1) is 12.7 Å². The highest BCUT2D eigenvalue weighted by molar-refractivity contribution is 6.29. The number of carbonyl (C=O) groups excluding carboxylic acids is 1. The van der Waals surface area contributed by atoms with Gasteiger partial charge in [-0.05, 0) is 56.9 Å². The minimum atomic E-state index is -0.715. The summed E-state index contributed by atoms with van der Waals surface area (Å²) in [6.07, 6.45) is 15.5. The van der Waals surface area contributed by atoms with E-state index in [1.807, 2.05) is 19.1 Å². The molecule has 156 valence electrons. The Balaban J connectivity index is 1.84. The molecule has 3 aliphatic rings. The summed E-state index contributed by atoms with van der Waals surface area (Å²) >= 11 is 6.20. The van der Waals surface area contributed by atoms with Crippen molar-refractivity contribution < 1.29 is 14.6 Å². The van der Waals surface area contributed by atoms with Crippen LogP contribution in [0.4, 0.5) is 0 Å². The zero-order valence-electron chi connectivity index (χ0n) is 17.1. The van der Waals surface area contributed by atoms with Crippen LogP contribution in [0.15, 0.2) is 34.9 Å². The second kappa shape index (κ2) is 9.60. The van der Waals surface area contributed by atoms with Crippen LogP contribution in [0.25, 0.3) is 0 Å². The molecule has 5 atom stereocenters. The van der Waals surface area contributed by atoms with Gasteiger partial charge in [0, 0.05) is 28.6 Å². The number of cyclic esters (lactones) is 1. The summed E-state index contributed by atoms with van der Waals surface area (Å²) in [7, 11) is 0. The third kappa shape index (κ3) is 5.28. The molecule has 1 spiro atoms. The van der Waals surface area contributed by atoms with Crippen molar-refractivity contribution >= 4 is 17.6 Å². The third-order valence-corrected chi connectivity index (χ3v) is 7.03. The Morgan fingerprint density at radius 3 is 2.79 bits per heavy atom. The normalized spacial score (nSPS) is 42.9. The predicted molar refractivity (Wildman–Crippen MR) is 113 cm³/mol. The Morgan fingerprint density at radius 1 is 1.25 bits per heavy atom. The maximum atomic E-state index is 12.2. The predicted octanol–water partition coefficient (Wildman–Crippen LogP) is 4.63. The highest BCUT2D eigenvalue weighted by Gasteiger charge is 2.46. The molecule has 1 saturated carbocycles. The lowest BCUT2D eigenvalue weighted by molar-refractivity contribution is -0.138. The number of allylic oxidation sites excluding steroid dienone is 1. The van der Waals surface area contributed by atoms with Gasteiger partial charge in [-0.15, -0.1) is 0 Å². The summed E-state index contributed by atoms with van der Waals surface area (Å²) in [6.45, 7) is 4.31. The number of hydrogen-bond donors (Lipinski definition) is 2. The Morgan fingerprint density at radius 2 is 2.00 bits per heavy atom. The maximum absolute atomic E-state index is 12.2. The van der Waals surface area contributed by atoms with Gasteiger partial charge in [0.15, 0.2) is 0 Å². The van der Waals surface area contributed by atoms with Crippen LogP contribution in [-0.4, -0.2) is 35.4 Å². The van der Waals surface area contributed by atoms with E-state index in [1.165, 1.54) is 32.1 Å². The minimum absolute atomic E-state index is 0.182. The van der Waals surface area contributed by atoms with Gasteiger partial charge in [-0.1, -0.05) is 49.6 Å². The van der Waals surface area contributed by atoms with Gasteiger partial charge in [-0.3, -0.25) is 0 Å². The average Bonchev–Trinajstić information content (AvgIpc) is 3.06. The monoisotopic (exact) mass is 407 g/mol. The van der Waals surface area contributed by atoms with Crippen LogP contribution >= 0.6 is 11.6 Å². The molecule has 1 saturated heterocycles. The SMILES string of the molecule is C/C1=C\C[C@H]2CCC[C@@]3(CCC[C@@H]3C(C)/C=C/[C@@H](O)/C=C(\Cl)CCOC1=O)N2. The molecule has 0 radical (unpaired) electrons. The van der Waals surface area contributed by atoms with Crippen molar-refractivity contribution in [1.82, 2.24) is 5.32 Å². The molecule has 0 amide bonds. The van der Waals surface area contributed by atoms with E-state index < -0.39 is 6.10 Å². The van der Waals surface area contributed by atoms with Crippen LogP contribution in [0.5, 0.6) is 0 Å². The largest absolute Gasteiger partial charge is 0.462 e. The lowest BCUT2D eigenvalue weighted by Crippen LogP contribution is -2.56. The number of carbonyl (C=O) groups is 1. The van der Waals surface area contributed by atoms with E-state index in [4.69, 9.17) is 16.3 Å². The number of halogens is 1. The standard InChI is InChI=1S/C23H34ClNO3/c1-16-8-10-20(26)15-18(24)11-14-28-22(27)17(2)7-9-19-5-3-12-23(25-19)13-4-6-21(16)23/h7-8,10,15-16,19-21,25-26H,3-6,9,11-14H2,1-2H3/b10-8+,17-7+,18-15-/t16?,19-,20-,21-,23+/m1/s1. The Bertz CT molecular complexity index is 656. The van der Waals surface area contributed by atoms with E-state index in [9.17, 15) is 9.90 Å². The number of nitrogens with one attached hydrogen (secondary N) is 1. The first-order valence-corrected chi connectivity index (χ1v) is 11.1. The number of ether oxygens (including phenoxy) is 1. The molecule has 1 aliphatic carbocycles. The summed E-state index contributed by atoms with van der Waals surface area (Å²) in [4.78, 5) is 12.2. The summed E-state index contributed by atoms with van der Waals surface area (Å²) < 4.78 is 5.32. The molecule has 28 heavy (non-hydrogen) atoms. The van der Waals surface area contributed by atoms with Crippen LogP contribution < -0.4 is 5.32 Å². The van der Waals surface area contributed by atoms with Gasteiger partial charge in [-0.2, -0.15) is 0 Å². The maximum Gasteiger partial charge on any atom is 0.333 e. The van der Waals surface area contributed by atoms with E-state index in [0.717, 1.165) is 12.8 Å². The molecule has 2 heterocycles. The summed E-state index contributed by atoms with van der Waals surface area (Å²) in [5.41, 5.74) is 0.838. The minimum Gasteiger partial charge on any atom is -0.462 e. The van der Waals surface area contributed by atoms with Gasteiger partial charge < -0.3 is 15.2 Å². The van der Waals surface area contributed by atoms with Crippen molar-refractivity contribution in [3.63, 3.8) is 0 Å². The molecule has 0 aromatic rings. The number of rotatable bonds is 0. The van der Waals surface area contributed by atoms with Crippen molar-refractivity contribution in [1.29, 1.82) is 0 Å². The van der Waals surface area contributed by atoms with Gasteiger partial charge in [-0.25, -0.2) is 4.79 Å². The molecule has 2 bridgehead atoms. The van der Waals surface area contributed by atoms with Crippen molar-refractivity contribution in [3.8, 4) is 0 Å². The summed E-state index contributed by atoms with van der Waals surface area (Å²) in [6, 6.07) is 0.408. The molecule has 0 aromatic carbocycles. The summed E-state index contributed by atoms with van der Waals surface area (Å²) in [5.74, 6) is 0.685. The van der Waals surface area contributed by atoms with Crippen molar-refractivity contribution in [2.45, 2.75) is 82.9 Å². The Kier molecular flexibility index (Phi) is 7.41. The van der Waals surface area contributed by atoms with Crippen LogP contribution in [-0.2, 0) is 9.53 Å². The molecule has 2 fully saturated rings. The fourth-order valence-electron chi connectivity index (χ4n) is 5.25. The number of esters is 1. The number of piperidine rings is 1. The lowest BCUT2D eigenvalue weighted by Gasteiger charge is -2.45. The van der Waals surface area contributed by atoms with E-state index in [2.05, 4.69) is 18.3 Å². The van der Waals surface area contributed by atoms with Crippen molar-refractivity contribution in [3.05, 3.63) is 34.9 Å². The highest BCUT2D eigenvalue weighted by atomic mass is 35.5. The van der Waals surface area contributed by atoms with Crippen LogP contribution in [0, 0.1) is 11.8 Å². The van der Waals surface area contributed by atoms with Gasteiger partial charge in [0.1, 0.15) is 0 Å². The van der Waals surface area contributed by atoms with Crippen LogP contribution in [0.2, 0.25) is 0 Å². The first-order valence-electron chi connectivity index (χ1n) is 10.7. The molecule has 1 unspecified atom stereocenters. The van der Waals surface area contributed by atoms with E-state index in [-0.39, 0.29) is 18.1 Å². The highest BCUT2D eigenvalue weighted by Crippen LogP contribution is 2.46. The average molecular weight is 408 g/mol. The number of hydrogen-bond acceptors (Lipinski definition) is 4. The first-order chi connectivity index (χ1) is 13.4. The number of fused-ring (bicyclic) bond motifs is 1. The van der Waals surface area contributed by atoms with E-state index in [1.54, 1.807) is 6.08 Å². The van der Waals surface area contributed by atoms with Gasteiger partial charge >= 0.3 is 5.97 Å². The fraction of sp³-hybridized carbons (Fsp3) is 0.696. The smallest absolute Gasteiger partial charge is 0.333 e. The molecule has 2 N–H and O–H groups in total. The molecule has 4 nitrogen and oxygen atoms in total. The second-order valence-corrected chi connectivity index (χ2v) is 9.23. The topological polar surface area (TPSA) is 58.6 Å². The summed E-state index contributed by atoms with van der Waals surface area (Å²) in [5, 5.41) is 14.8. The van der Waals surface area contributed by atoms with E-state index in [0.29, 0.717) is 34.9 Å². The zero-order chi connectivity index (χ0) is 20.1. The molecule has 0 aromatic heterocycles. The molecule has 5 heteroatoms. The number of aliphatic hydroxyl groups is 1. The first kappa shape index (κ1) is 21.6. The second-order valence-electron chi connectivity index (χ2n) is 8.75. The van der Waals surface area contributed by atoms with E-state index >= 15 is 0 Å². The molecule has 2 aliphatic heterocycles.